The summed E-state index contributed by atoms with van der Waals surface area (Å²) in [5.74, 6) is 0.981. The van der Waals surface area contributed by atoms with Crippen LogP contribution < -0.4 is 5.73 Å². The van der Waals surface area contributed by atoms with E-state index in [1.165, 1.54) is 83.5 Å². The van der Waals surface area contributed by atoms with E-state index in [0.717, 1.165) is 5.92 Å². The average molecular weight is 249 g/mol. The molecule has 104 valence electrons. The first-order valence-corrected chi connectivity index (χ1v) is 8.24. The van der Waals surface area contributed by atoms with Crippen molar-refractivity contribution in [2.45, 2.75) is 83.5 Å². The summed E-state index contributed by atoms with van der Waals surface area (Å²) in [6, 6.07) is 0. The largest absolute Gasteiger partial charge is 0.405 e. The van der Waals surface area contributed by atoms with Crippen LogP contribution in [0.1, 0.15) is 83.5 Å². The van der Waals surface area contributed by atoms with Crippen molar-refractivity contribution in [3.63, 3.8) is 0 Å². The molecule has 0 aromatic rings. The molecule has 0 atom stereocenters. The SMILES string of the molecule is NC=CCC1(C2CCCCCC2)CCCCCC1. The molecule has 0 saturated heterocycles. The number of nitrogens with two attached hydrogens (primary N) is 1. The quantitative estimate of drug-likeness (QED) is 0.687. The van der Waals surface area contributed by atoms with E-state index in [-0.39, 0.29) is 0 Å². The van der Waals surface area contributed by atoms with Crippen LogP contribution in [-0.4, -0.2) is 0 Å². The first-order valence-electron chi connectivity index (χ1n) is 8.24. The molecular formula is C17H31N. The maximum Gasteiger partial charge on any atom is -0.0103 e. The predicted octanol–water partition coefficient (Wildman–Crippen LogP) is 5.16. The van der Waals surface area contributed by atoms with Crippen LogP contribution in [0.2, 0.25) is 0 Å². The summed E-state index contributed by atoms with van der Waals surface area (Å²) in [7, 11) is 0. The summed E-state index contributed by atoms with van der Waals surface area (Å²) in [4.78, 5) is 0. The van der Waals surface area contributed by atoms with Crippen molar-refractivity contribution < 1.29 is 0 Å². The lowest BCUT2D eigenvalue weighted by Crippen LogP contribution is -2.30. The molecule has 0 unspecified atom stereocenters. The fourth-order valence-corrected chi connectivity index (χ4v) is 4.41. The van der Waals surface area contributed by atoms with Crippen molar-refractivity contribution in [2.24, 2.45) is 17.1 Å². The first-order chi connectivity index (χ1) is 8.87. The zero-order chi connectivity index (χ0) is 12.7. The molecule has 0 aromatic carbocycles. The number of hydrogen-bond donors (Lipinski definition) is 1. The van der Waals surface area contributed by atoms with Gasteiger partial charge in [0.15, 0.2) is 0 Å². The Hall–Kier alpha value is -0.460. The minimum atomic E-state index is 0.608. The van der Waals surface area contributed by atoms with Crippen molar-refractivity contribution in [1.82, 2.24) is 0 Å². The van der Waals surface area contributed by atoms with Crippen LogP contribution >= 0.6 is 0 Å². The minimum absolute atomic E-state index is 0.608. The minimum Gasteiger partial charge on any atom is -0.405 e. The Morgan fingerprint density at radius 2 is 1.39 bits per heavy atom. The summed E-state index contributed by atoms with van der Waals surface area (Å²) in [6.45, 7) is 0. The van der Waals surface area contributed by atoms with Crippen LogP contribution in [0.4, 0.5) is 0 Å². The molecule has 0 amide bonds. The maximum absolute atomic E-state index is 5.62. The molecule has 18 heavy (non-hydrogen) atoms. The zero-order valence-corrected chi connectivity index (χ0v) is 12.0. The van der Waals surface area contributed by atoms with Gasteiger partial charge in [0.25, 0.3) is 0 Å². The van der Waals surface area contributed by atoms with E-state index in [9.17, 15) is 0 Å². The Morgan fingerprint density at radius 3 is 1.94 bits per heavy atom. The van der Waals surface area contributed by atoms with Gasteiger partial charge >= 0.3 is 0 Å². The monoisotopic (exact) mass is 249 g/mol. The normalized spacial score (nSPS) is 26.9. The summed E-state index contributed by atoms with van der Waals surface area (Å²) < 4.78 is 0. The van der Waals surface area contributed by atoms with Gasteiger partial charge < -0.3 is 5.73 Å². The van der Waals surface area contributed by atoms with Crippen LogP contribution in [0.3, 0.4) is 0 Å². The summed E-state index contributed by atoms with van der Waals surface area (Å²) >= 11 is 0. The lowest BCUT2D eigenvalue weighted by atomic mass is 9.65. The second-order valence-corrected chi connectivity index (χ2v) is 6.60. The highest BCUT2D eigenvalue weighted by molar-refractivity contribution is 4.95. The highest BCUT2D eigenvalue weighted by Crippen LogP contribution is 2.49. The molecule has 0 aliphatic heterocycles. The fraction of sp³-hybridized carbons (Fsp3) is 0.882. The van der Waals surface area contributed by atoms with Crippen molar-refractivity contribution in [1.29, 1.82) is 0 Å². The van der Waals surface area contributed by atoms with Crippen molar-refractivity contribution >= 4 is 0 Å². The molecule has 2 aliphatic carbocycles. The Balaban J connectivity index is 2.09. The van der Waals surface area contributed by atoms with Gasteiger partial charge in [0.05, 0.1) is 0 Å². The highest BCUT2D eigenvalue weighted by Gasteiger charge is 2.37. The van der Waals surface area contributed by atoms with Crippen molar-refractivity contribution in [3.05, 3.63) is 12.3 Å². The first kappa shape index (κ1) is 14.0. The molecule has 0 heterocycles. The lowest BCUT2D eigenvalue weighted by Gasteiger charge is -2.40. The van der Waals surface area contributed by atoms with Crippen LogP contribution in [0.25, 0.3) is 0 Å². The zero-order valence-electron chi connectivity index (χ0n) is 12.0. The van der Waals surface area contributed by atoms with E-state index in [1.807, 2.05) is 0 Å². The number of hydrogen-bond acceptors (Lipinski definition) is 1. The molecule has 2 aliphatic rings. The van der Waals surface area contributed by atoms with Gasteiger partial charge in [-0.3, -0.25) is 0 Å². The predicted molar refractivity (Wildman–Crippen MR) is 79.3 cm³/mol. The summed E-state index contributed by atoms with van der Waals surface area (Å²) in [6.07, 6.45) is 22.9. The smallest absolute Gasteiger partial charge is 0.0103 e. The van der Waals surface area contributed by atoms with Gasteiger partial charge in [-0.2, -0.15) is 0 Å². The molecule has 0 aromatic heterocycles. The van der Waals surface area contributed by atoms with Gasteiger partial charge in [-0.25, -0.2) is 0 Å². The molecule has 2 N–H and O–H groups in total. The topological polar surface area (TPSA) is 26.0 Å². The van der Waals surface area contributed by atoms with Crippen molar-refractivity contribution in [2.75, 3.05) is 0 Å². The van der Waals surface area contributed by atoms with Crippen LogP contribution in [0.15, 0.2) is 12.3 Å². The maximum atomic E-state index is 5.62. The second-order valence-electron chi connectivity index (χ2n) is 6.60. The molecule has 2 saturated carbocycles. The standard InChI is InChI=1S/C17H31N/c18-15-9-14-17(12-7-3-4-8-13-17)16-10-5-1-2-6-11-16/h9,15-16H,1-8,10-14,18H2. The van der Waals surface area contributed by atoms with Gasteiger partial charge in [-0.05, 0) is 49.6 Å². The van der Waals surface area contributed by atoms with E-state index in [2.05, 4.69) is 6.08 Å². The lowest BCUT2D eigenvalue weighted by molar-refractivity contribution is 0.117. The highest BCUT2D eigenvalue weighted by atomic mass is 14.5. The molecular weight excluding hydrogens is 218 g/mol. The van der Waals surface area contributed by atoms with Gasteiger partial charge in [-0.15, -0.1) is 0 Å². The van der Waals surface area contributed by atoms with Crippen LogP contribution in [0.5, 0.6) is 0 Å². The fourth-order valence-electron chi connectivity index (χ4n) is 4.41. The number of rotatable bonds is 3. The third-order valence-corrected chi connectivity index (χ3v) is 5.48. The van der Waals surface area contributed by atoms with Gasteiger partial charge in [0, 0.05) is 0 Å². The Kier molecular flexibility index (Phi) is 5.59. The molecule has 2 rings (SSSR count). The third kappa shape index (κ3) is 3.52. The van der Waals surface area contributed by atoms with Gasteiger partial charge in [0.1, 0.15) is 0 Å². The summed E-state index contributed by atoms with van der Waals surface area (Å²) in [5, 5.41) is 0. The second kappa shape index (κ2) is 7.21. The van der Waals surface area contributed by atoms with E-state index in [4.69, 9.17) is 5.73 Å². The molecule has 0 spiro atoms. The molecule has 0 radical (unpaired) electrons. The Bertz CT molecular complexity index is 240. The molecule has 1 nitrogen and oxygen atoms in total. The average Bonchev–Trinajstić information content (AvgIpc) is 2.80. The molecule has 2 fully saturated rings. The van der Waals surface area contributed by atoms with Gasteiger partial charge in [0.2, 0.25) is 0 Å². The van der Waals surface area contributed by atoms with Crippen molar-refractivity contribution in [3.8, 4) is 0 Å². The van der Waals surface area contributed by atoms with E-state index < -0.39 is 0 Å². The van der Waals surface area contributed by atoms with Crippen LogP contribution in [-0.2, 0) is 0 Å². The van der Waals surface area contributed by atoms with E-state index in [0.29, 0.717) is 5.41 Å². The Morgan fingerprint density at radius 1 is 0.833 bits per heavy atom. The van der Waals surface area contributed by atoms with Crippen LogP contribution in [0, 0.1) is 11.3 Å². The molecule has 0 bridgehead atoms. The summed E-state index contributed by atoms with van der Waals surface area (Å²) in [5.41, 5.74) is 6.23. The van der Waals surface area contributed by atoms with E-state index >= 15 is 0 Å². The van der Waals surface area contributed by atoms with E-state index in [1.54, 1.807) is 6.20 Å². The number of allylic oxidation sites excluding steroid dienone is 1. The molecule has 1 heteroatoms. The Labute approximate surface area is 113 Å². The van der Waals surface area contributed by atoms with Gasteiger partial charge in [-0.1, -0.05) is 57.4 Å². The third-order valence-electron chi connectivity index (χ3n) is 5.48.